The molecule has 0 radical (unpaired) electrons. The van der Waals surface area contributed by atoms with Gasteiger partial charge in [0.25, 0.3) is 0 Å². The van der Waals surface area contributed by atoms with E-state index in [1.807, 2.05) is 25.1 Å². The quantitative estimate of drug-likeness (QED) is 0.625. The third-order valence-corrected chi connectivity index (χ3v) is 5.02. The predicted octanol–water partition coefficient (Wildman–Crippen LogP) is 3.84. The maximum atomic E-state index is 12.1. The number of anilines is 1. The van der Waals surface area contributed by atoms with Crippen LogP contribution in [0.4, 0.5) is 5.69 Å². The van der Waals surface area contributed by atoms with Crippen molar-refractivity contribution in [1.29, 1.82) is 0 Å². The van der Waals surface area contributed by atoms with E-state index in [1.165, 1.54) is 6.26 Å². The maximum Gasteiger partial charge on any atom is 0.226 e. The first-order valence-electron chi connectivity index (χ1n) is 8.26. The van der Waals surface area contributed by atoms with E-state index >= 15 is 0 Å². The number of aromatic amines is 1. The van der Waals surface area contributed by atoms with Crippen LogP contribution < -0.4 is 10.6 Å². The summed E-state index contributed by atoms with van der Waals surface area (Å²) in [6, 6.07) is 7.69. The van der Waals surface area contributed by atoms with Crippen molar-refractivity contribution in [1.82, 2.24) is 15.5 Å². The van der Waals surface area contributed by atoms with Crippen LogP contribution >= 0.6 is 11.6 Å². The minimum absolute atomic E-state index is 0.124. The van der Waals surface area contributed by atoms with Gasteiger partial charge in [-0.15, -0.1) is 0 Å². The van der Waals surface area contributed by atoms with E-state index in [9.17, 15) is 4.79 Å². The predicted molar refractivity (Wildman–Crippen MR) is 96.3 cm³/mol. The summed E-state index contributed by atoms with van der Waals surface area (Å²) in [5, 5.41) is 11.8. The lowest BCUT2D eigenvalue weighted by Gasteiger charge is -2.08. The molecule has 0 spiro atoms. The van der Waals surface area contributed by atoms with Crippen LogP contribution in [-0.2, 0) is 17.9 Å². The molecule has 1 saturated carbocycles. The van der Waals surface area contributed by atoms with Gasteiger partial charge in [-0.05, 0) is 31.0 Å². The summed E-state index contributed by atoms with van der Waals surface area (Å²) in [4.78, 5) is 15.4. The molecule has 1 aliphatic rings. The van der Waals surface area contributed by atoms with Gasteiger partial charge in [0.05, 0.1) is 23.8 Å². The molecule has 1 fully saturated rings. The van der Waals surface area contributed by atoms with Crippen LogP contribution in [0.2, 0.25) is 5.02 Å². The van der Waals surface area contributed by atoms with Crippen molar-refractivity contribution < 1.29 is 9.32 Å². The number of fused-ring (bicyclic) bond motifs is 1. The van der Waals surface area contributed by atoms with Gasteiger partial charge in [-0.1, -0.05) is 23.7 Å². The van der Waals surface area contributed by atoms with Crippen LogP contribution in [0, 0.1) is 5.41 Å². The lowest BCUT2D eigenvalue weighted by Crippen LogP contribution is -2.29. The molecule has 7 heteroatoms. The Balaban J connectivity index is 1.47. The summed E-state index contributed by atoms with van der Waals surface area (Å²) in [6.07, 6.45) is 3.48. The molecule has 2 heterocycles. The van der Waals surface area contributed by atoms with Gasteiger partial charge in [0.2, 0.25) is 5.91 Å². The third kappa shape index (κ3) is 3.35. The number of halogens is 1. The molecular weight excluding hydrogens is 340 g/mol. The van der Waals surface area contributed by atoms with Crippen molar-refractivity contribution in [2.75, 3.05) is 5.32 Å². The first kappa shape index (κ1) is 16.0. The van der Waals surface area contributed by atoms with Crippen molar-refractivity contribution in [3.05, 3.63) is 46.9 Å². The second-order valence-corrected chi connectivity index (χ2v) is 7.21. The fourth-order valence-corrected chi connectivity index (χ4v) is 3.00. The molecule has 1 aliphatic carbocycles. The molecule has 130 valence electrons. The molecule has 3 aromatic rings. The van der Waals surface area contributed by atoms with E-state index in [0.717, 1.165) is 40.8 Å². The highest BCUT2D eigenvalue weighted by molar-refractivity contribution is 6.34. The standard InChI is InChI=1S/C18H19ClN4O2/c1-18(3-4-18)17(24)21-10-13-6-11-7-14(19)16(8-15(11)22-13)20-9-12-2-5-25-23-12/h2,5-8,20,22H,3-4,9-10H2,1H3,(H,21,24). The number of carbonyl (C=O) groups excluding carboxylic acids is 1. The first-order valence-corrected chi connectivity index (χ1v) is 8.64. The number of benzene rings is 1. The fraction of sp³-hybridized carbons (Fsp3) is 0.333. The molecule has 0 atom stereocenters. The van der Waals surface area contributed by atoms with Crippen LogP contribution in [0.25, 0.3) is 10.9 Å². The topological polar surface area (TPSA) is 82.9 Å². The third-order valence-electron chi connectivity index (χ3n) is 4.70. The van der Waals surface area contributed by atoms with Crippen molar-refractivity contribution in [3.63, 3.8) is 0 Å². The first-order chi connectivity index (χ1) is 12.0. The van der Waals surface area contributed by atoms with Gasteiger partial charge < -0.3 is 20.1 Å². The highest BCUT2D eigenvalue weighted by Crippen LogP contribution is 2.45. The van der Waals surface area contributed by atoms with Gasteiger partial charge in [0, 0.05) is 28.1 Å². The SMILES string of the molecule is CC1(C(=O)NCc2cc3cc(Cl)c(NCc4ccon4)cc3[nH]2)CC1. The summed E-state index contributed by atoms with van der Waals surface area (Å²) < 4.78 is 4.82. The summed E-state index contributed by atoms with van der Waals surface area (Å²) in [5.41, 5.74) is 3.39. The van der Waals surface area contributed by atoms with Gasteiger partial charge in [-0.25, -0.2) is 0 Å². The molecule has 4 rings (SSSR count). The summed E-state index contributed by atoms with van der Waals surface area (Å²) in [7, 11) is 0. The monoisotopic (exact) mass is 358 g/mol. The molecule has 0 saturated heterocycles. The summed E-state index contributed by atoms with van der Waals surface area (Å²) >= 11 is 6.36. The van der Waals surface area contributed by atoms with Crippen molar-refractivity contribution >= 4 is 34.1 Å². The number of rotatable bonds is 6. The van der Waals surface area contributed by atoms with E-state index in [1.54, 1.807) is 6.07 Å². The molecule has 2 aromatic heterocycles. The van der Waals surface area contributed by atoms with Gasteiger partial charge in [0.15, 0.2) is 0 Å². The molecular formula is C18H19ClN4O2. The Hall–Kier alpha value is -2.47. The summed E-state index contributed by atoms with van der Waals surface area (Å²) in [6.45, 7) is 3.02. The van der Waals surface area contributed by atoms with Crippen LogP contribution in [0.5, 0.6) is 0 Å². The Kier molecular flexibility index (Phi) is 3.92. The minimum Gasteiger partial charge on any atom is -0.378 e. The second-order valence-electron chi connectivity index (χ2n) is 6.80. The smallest absolute Gasteiger partial charge is 0.226 e. The van der Waals surface area contributed by atoms with Crippen molar-refractivity contribution in [2.24, 2.45) is 5.41 Å². The van der Waals surface area contributed by atoms with Crippen LogP contribution in [0.3, 0.4) is 0 Å². The fourth-order valence-electron chi connectivity index (χ4n) is 2.76. The van der Waals surface area contributed by atoms with Gasteiger partial charge in [0.1, 0.15) is 12.0 Å². The molecule has 3 N–H and O–H groups in total. The minimum atomic E-state index is -0.159. The number of H-pyrrole nitrogens is 1. The Morgan fingerprint density at radius 1 is 1.36 bits per heavy atom. The number of carbonyl (C=O) groups is 1. The van der Waals surface area contributed by atoms with Gasteiger partial charge in [-0.3, -0.25) is 4.79 Å². The van der Waals surface area contributed by atoms with E-state index in [4.69, 9.17) is 16.1 Å². The van der Waals surface area contributed by atoms with Gasteiger partial charge in [-0.2, -0.15) is 0 Å². The van der Waals surface area contributed by atoms with Crippen molar-refractivity contribution in [3.8, 4) is 0 Å². The zero-order valence-corrected chi connectivity index (χ0v) is 14.6. The lowest BCUT2D eigenvalue weighted by molar-refractivity contribution is -0.125. The highest BCUT2D eigenvalue weighted by atomic mass is 35.5. The molecule has 25 heavy (non-hydrogen) atoms. The van der Waals surface area contributed by atoms with Gasteiger partial charge >= 0.3 is 0 Å². The average molecular weight is 359 g/mol. The second kappa shape index (κ2) is 6.11. The lowest BCUT2D eigenvalue weighted by atomic mass is 10.1. The Bertz CT molecular complexity index is 913. The van der Waals surface area contributed by atoms with Crippen LogP contribution in [0.1, 0.15) is 31.2 Å². The van der Waals surface area contributed by atoms with E-state index < -0.39 is 0 Å². The molecule has 0 unspecified atom stereocenters. The Morgan fingerprint density at radius 2 is 2.20 bits per heavy atom. The van der Waals surface area contributed by atoms with Crippen LogP contribution in [-0.4, -0.2) is 16.0 Å². The molecule has 6 nitrogen and oxygen atoms in total. The molecule has 0 bridgehead atoms. The van der Waals surface area contributed by atoms with E-state index in [-0.39, 0.29) is 11.3 Å². The van der Waals surface area contributed by atoms with Crippen molar-refractivity contribution in [2.45, 2.75) is 32.9 Å². The molecule has 1 amide bonds. The average Bonchev–Trinajstić information content (AvgIpc) is 3.01. The van der Waals surface area contributed by atoms with E-state index in [2.05, 4.69) is 20.8 Å². The number of aromatic nitrogens is 2. The zero-order valence-electron chi connectivity index (χ0n) is 13.9. The van der Waals surface area contributed by atoms with E-state index in [0.29, 0.717) is 18.1 Å². The Labute approximate surface area is 149 Å². The zero-order chi connectivity index (χ0) is 17.4. The normalized spacial score (nSPS) is 15.3. The Morgan fingerprint density at radius 3 is 2.92 bits per heavy atom. The van der Waals surface area contributed by atoms with Crippen LogP contribution in [0.15, 0.2) is 35.1 Å². The number of amides is 1. The number of hydrogen-bond donors (Lipinski definition) is 3. The highest BCUT2D eigenvalue weighted by Gasteiger charge is 2.44. The largest absolute Gasteiger partial charge is 0.378 e. The number of nitrogens with zero attached hydrogens (tertiary/aromatic N) is 1. The molecule has 1 aromatic carbocycles. The molecule has 0 aliphatic heterocycles. The number of hydrogen-bond acceptors (Lipinski definition) is 4. The summed E-state index contributed by atoms with van der Waals surface area (Å²) in [5.74, 6) is 0.124. The maximum absolute atomic E-state index is 12.1. The number of nitrogens with one attached hydrogen (secondary N) is 3.